The van der Waals surface area contributed by atoms with Crippen molar-refractivity contribution in [2.45, 2.75) is 53.6 Å². The molecule has 0 spiro atoms. The van der Waals surface area contributed by atoms with Crippen molar-refractivity contribution < 1.29 is 4.42 Å². The van der Waals surface area contributed by atoms with E-state index >= 15 is 0 Å². The van der Waals surface area contributed by atoms with E-state index in [9.17, 15) is 0 Å². The maximum Gasteiger partial charge on any atom is 0.125 e. The summed E-state index contributed by atoms with van der Waals surface area (Å²) in [5.41, 5.74) is 3.66. The summed E-state index contributed by atoms with van der Waals surface area (Å²) in [6.45, 7) is 11.0. The van der Waals surface area contributed by atoms with Crippen molar-refractivity contribution in [3.05, 3.63) is 40.6 Å². The van der Waals surface area contributed by atoms with Gasteiger partial charge in [0.25, 0.3) is 0 Å². The van der Waals surface area contributed by atoms with Gasteiger partial charge in [0.05, 0.1) is 12.2 Å². The van der Waals surface area contributed by atoms with Crippen molar-refractivity contribution in [2.75, 3.05) is 6.54 Å². The molecule has 2 aromatic rings. The molecule has 0 aliphatic heterocycles. The standard InChI is InChI=1S/C16H25N3O/c1-5-14-9-15(6-2)19(18-14)11-16-8-13(10-17-7-3)12(4)20-16/h8-9,17H,5-7,10-11H2,1-4H3. The molecule has 2 heterocycles. The summed E-state index contributed by atoms with van der Waals surface area (Å²) in [4.78, 5) is 0. The lowest BCUT2D eigenvalue weighted by Gasteiger charge is -2.02. The van der Waals surface area contributed by atoms with Crippen LogP contribution in [0.1, 0.15) is 49.2 Å². The van der Waals surface area contributed by atoms with Gasteiger partial charge >= 0.3 is 0 Å². The predicted molar refractivity (Wildman–Crippen MR) is 80.9 cm³/mol. The summed E-state index contributed by atoms with van der Waals surface area (Å²) in [6, 6.07) is 4.33. The highest BCUT2D eigenvalue weighted by Crippen LogP contribution is 2.17. The Hall–Kier alpha value is -1.55. The van der Waals surface area contributed by atoms with Crippen LogP contribution in [0.5, 0.6) is 0 Å². The van der Waals surface area contributed by atoms with E-state index in [0.717, 1.165) is 49.7 Å². The van der Waals surface area contributed by atoms with E-state index in [4.69, 9.17) is 4.42 Å². The first kappa shape index (κ1) is 14.9. The molecule has 0 unspecified atom stereocenters. The lowest BCUT2D eigenvalue weighted by atomic mass is 10.2. The Bertz CT molecular complexity index is 554. The van der Waals surface area contributed by atoms with Crippen LogP contribution in [0.3, 0.4) is 0 Å². The average molecular weight is 275 g/mol. The van der Waals surface area contributed by atoms with E-state index in [1.165, 1.54) is 11.3 Å². The van der Waals surface area contributed by atoms with Crippen LogP contribution in [0.4, 0.5) is 0 Å². The summed E-state index contributed by atoms with van der Waals surface area (Å²) in [6.07, 6.45) is 1.97. The Balaban J connectivity index is 2.15. The van der Waals surface area contributed by atoms with Crippen LogP contribution in [-0.4, -0.2) is 16.3 Å². The van der Waals surface area contributed by atoms with Crippen molar-refractivity contribution in [1.29, 1.82) is 0 Å². The molecule has 2 aromatic heterocycles. The number of aromatic nitrogens is 2. The number of hydrogen-bond donors (Lipinski definition) is 1. The second-order valence-electron chi connectivity index (χ2n) is 5.07. The van der Waals surface area contributed by atoms with Gasteiger partial charge in [-0.05, 0) is 38.4 Å². The van der Waals surface area contributed by atoms with Gasteiger partial charge in [0.2, 0.25) is 0 Å². The average Bonchev–Trinajstić information content (AvgIpc) is 3.00. The van der Waals surface area contributed by atoms with Gasteiger partial charge in [-0.1, -0.05) is 20.8 Å². The first-order valence-corrected chi connectivity index (χ1v) is 7.52. The Kier molecular flexibility index (Phi) is 5.01. The van der Waals surface area contributed by atoms with Crippen LogP contribution in [0.25, 0.3) is 0 Å². The molecule has 0 saturated carbocycles. The number of rotatable bonds is 7. The molecule has 110 valence electrons. The van der Waals surface area contributed by atoms with Crippen LogP contribution in [-0.2, 0) is 25.9 Å². The molecule has 0 amide bonds. The number of aryl methyl sites for hydroxylation is 3. The zero-order chi connectivity index (χ0) is 14.5. The molecule has 0 aromatic carbocycles. The smallest absolute Gasteiger partial charge is 0.125 e. The molecule has 0 fully saturated rings. The summed E-state index contributed by atoms with van der Waals surface area (Å²) in [5.74, 6) is 1.98. The predicted octanol–water partition coefficient (Wildman–Crippen LogP) is 3.07. The molecule has 0 atom stereocenters. The van der Waals surface area contributed by atoms with Crippen LogP contribution in [0.2, 0.25) is 0 Å². The first-order valence-electron chi connectivity index (χ1n) is 7.52. The highest BCUT2D eigenvalue weighted by Gasteiger charge is 2.11. The highest BCUT2D eigenvalue weighted by atomic mass is 16.3. The van der Waals surface area contributed by atoms with E-state index in [-0.39, 0.29) is 0 Å². The van der Waals surface area contributed by atoms with Crippen LogP contribution >= 0.6 is 0 Å². The minimum absolute atomic E-state index is 0.718. The number of hydrogen-bond acceptors (Lipinski definition) is 3. The first-order chi connectivity index (χ1) is 9.67. The lowest BCUT2D eigenvalue weighted by molar-refractivity contribution is 0.451. The molecule has 0 radical (unpaired) electrons. The van der Waals surface area contributed by atoms with E-state index < -0.39 is 0 Å². The summed E-state index contributed by atoms with van der Waals surface area (Å²) in [7, 11) is 0. The van der Waals surface area contributed by atoms with E-state index in [2.05, 4.69) is 48.0 Å². The van der Waals surface area contributed by atoms with Crippen LogP contribution < -0.4 is 5.32 Å². The quantitative estimate of drug-likeness (QED) is 0.844. The summed E-state index contributed by atoms with van der Waals surface area (Å²) < 4.78 is 7.92. The van der Waals surface area contributed by atoms with Crippen molar-refractivity contribution >= 4 is 0 Å². The highest BCUT2D eigenvalue weighted by molar-refractivity contribution is 5.21. The third-order valence-corrected chi connectivity index (χ3v) is 3.58. The lowest BCUT2D eigenvalue weighted by Crippen LogP contribution is -2.11. The van der Waals surface area contributed by atoms with E-state index in [0.29, 0.717) is 0 Å². The second-order valence-corrected chi connectivity index (χ2v) is 5.07. The molecule has 1 N–H and O–H groups in total. The second kappa shape index (κ2) is 6.75. The normalized spacial score (nSPS) is 11.2. The fourth-order valence-electron chi connectivity index (χ4n) is 2.36. The van der Waals surface area contributed by atoms with Gasteiger partial charge < -0.3 is 9.73 Å². The fourth-order valence-corrected chi connectivity index (χ4v) is 2.36. The van der Waals surface area contributed by atoms with Crippen molar-refractivity contribution in [3.8, 4) is 0 Å². The van der Waals surface area contributed by atoms with Gasteiger partial charge in [-0.15, -0.1) is 0 Å². The Labute approximate surface area is 121 Å². The van der Waals surface area contributed by atoms with Gasteiger partial charge in [-0.25, -0.2) is 0 Å². The molecule has 0 aliphatic carbocycles. The van der Waals surface area contributed by atoms with E-state index in [1.54, 1.807) is 0 Å². The zero-order valence-corrected chi connectivity index (χ0v) is 13.0. The zero-order valence-electron chi connectivity index (χ0n) is 13.0. The Morgan fingerprint density at radius 3 is 2.65 bits per heavy atom. The number of furan rings is 1. The largest absolute Gasteiger partial charge is 0.464 e. The molecular weight excluding hydrogens is 250 g/mol. The fraction of sp³-hybridized carbons (Fsp3) is 0.562. The molecule has 2 rings (SSSR count). The van der Waals surface area contributed by atoms with Gasteiger partial charge in [-0.3, -0.25) is 4.68 Å². The van der Waals surface area contributed by atoms with Gasteiger partial charge in [0.15, 0.2) is 0 Å². The SMILES string of the molecule is CCNCc1cc(Cn2nc(CC)cc2CC)oc1C. The third-order valence-electron chi connectivity index (χ3n) is 3.58. The van der Waals surface area contributed by atoms with Gasteiger partial charge in [0.1, 0.15) is 11.5 Å². The molecule has 20 heavy (non-hydrogen) atoms. The molecule has 0 aliphatic rings. The summed E-state index contributed by atoms with van der Waals surface area (Å²) in [5, 5.41) is 7.97. The maximum absolute atomic E-state index is 5.86. The van der Waals surface area contributed by atoms with Crippen molar-refractivity contribution in [3.63, 3.8) is 0 Å². The third kappa shape index (κ3) is 3.31. The molecule has 4 nitrogen and oxygen atoms in total. The minimum Gasteiger partial charge on any atom is -0.464 e. The topological polar surface area (TPSA) is 43.0 Å². The monoisotopic (exact) mass is 275 g/mol. The van der Waals surface area contributed by atoms with Crippen LogP contribution in [0.15, 0.2) is 16.5 Å². The Morgan fingerprint density at radius 1 is 1.20 bits per heavy atom. The number of nitrogens with one attached hydrogen (secondary N) is 1. The summed E-state index contributed by atoms with van der Waals surface area (Å²) >= 11 is 0. The van der Waals surface area contributed by atoms with Crippen molar-refractivity contribution in [2.24, 2.45) is 0 Å². The molecule has 4 heteroatoms. The molecule has 0 saturated heterocycles. The maximum atomic E-state index is 5.86. The Morgan fingerprint density at radius 2 is 2.00 bits per heavy atom. The minimum atomic E-state index is 0.718. The van der Waals surface area contributed by atoms with Crippen LogP contribution in [0, 0.1) is 6.92 Å². The van der Waals surface area contributed by atoms with Crippen molar-refractivity contribution in [1.82, 2.24) is 15.1 Å². The molecule has 0 bridgehead atoms. The van der Waals surface area contributed by atoms with Gasteiger partial charge in [-0.2, -0.15) is 5.10 Å². The van der Waals surface area contributed by atoms with Gasteiger partial charge in [0, 0.05) is 17.8 Å². The number of nitrogens with zero attached hydrogens (tertiary/aromatic N) is 2. The molecular formula is C16H25N3O. The van der Waals surface area contributed by atoms with E-state index in [1.807, 2.05) is 6.92 Å².